The number of nitrogens with one attached hydrogen (secondary N) is 1. The van der Waals surface area contributed by atoms with Gasteiger partial charge in [-0.05, 0) is 50.2 Å². The molecule has 2 N–H and O–H groups in total. The molecule has 2 aromatic heterocycles. The Morgan fingerprint density at radius 3 is 2.41 bits per heavy atom. The van der Waals surface area contributed by atoms with Gasteiger partial charge in [0.05, 0.1) is 17.0 Å². The van der Waals surface area contributed by atoms with Crippen LogP contribution in [0.5, 0.6) is 0 Å². The quantitative estimate of drug-likeness (QED) is 0.408. The zero-order valence-electron chi connectivity index (χ0n) is 17.5. The highest BCUT2D eigenvalue weighted by atomic mass is 32.2. The van der Waals surface area contributed by atoms with E-state index in [4.69, 9.17) is 4.52 Å². The number of hydrogen-bond acceptors (Lipinski definition) is 8. The summed E-state index contributed by atoms with van der Waals surface area (Å²) in [6, 6.07) is 12.0. The van der Waals surface area contributed by atoms with Crippen molar-refractivity contribution in [3.8, 4) is 0 Å². The van der Waals surface area contributed by atoms with Gasteiger partial charge in [0.2, 0.25) is 10.0 Å². The van der Waals surface area contributed by atoms with E-state index in [1.807, 2.05) is 12.1 Å². The number of sulfonamides is 1. The summed E-state index contributed by atoms with van der Waals surface area (Å²) in [6.45, 7) is 3.44. The second-order valence-electron chi connectivity index (χ2n) is 7.32. The number of carboxylic acid groups (broad SMARTS) is 1. The highest BCUT2D eigenvalue weighted by molar-refractivity contribution is 8.00. The number of carbonyl (C=O) groups is 1. The molecule has 0 saturated carbocycles. The topological polar surface area (TPSA) is 122 Å². The number of aromatic nitrogens is 2. The largest absolute Gasteiger partial charge is 0.481 e. The van der Waals surface area contributed by atoms with Crippen molar-refractivity contribution in [2.45, 2.75) is 45.5 Å². The van der Waals surface area contributed by atoms with E-state index in [9.17, 15) is 18.3 Å². The fourth-order valence-electron chi connectivity index (χ4n) is 2.78. The Bertz CT molecular complexity index is 1150. The summed E-state index contributed by atoms with van der Waals surface area (Å²) in [5, 5.41) is 13.2. The lowest BCUT2D eigenvalue weighted by Crippen LogP contribution is -2.40. The summed E-state index contributed by atoms with van der Waals surface area (Å²) in [5.41, 5.74) is 0.675. The molecule has 11 heteroatoms. The molecule has 32 heavy (non-hydrogen) atoms. The SMILES string of the molecule is Cc1cc(CSC(C)(CNS(=O)(=O)c2ccc(Sc3ccncc3)cc2)CC(=O)O)no1. The third-order valence-corrected chi connectivity index (χ3v) is 8.28. The molecule has 1 unspecified atom stereocenters. The van der Waals surface area contributed by atoms with Crippen molar-refractivity contribution in [2.75, 3.05) is 6.54 Å². The fraction of sp³-hybridized carbons (Fsp3) is 0.286. The smallest absolute Gasteiger partial charge is 0.304 e. The van der Waals surface area contributed by atoms with E-state index in [1.165, 1.54) is 35.7 Å². The maximum Gasteiger partial charge on any atom is 0.304 e. The summed E-state index contributed by atoms with van der Waals surface area (Å²) in [5.74, 6) is 0.0591. The number of benzene rings is 1. The first kappa shape index (κ1) is 24.3. The summed E-state index contributed by atoms with van der Waals surface area (Å²) in [7, 11) is -3.81. The van der Waals surface area contributed by atoms with Crippen molar-refractivity contribution in [2.24, 2.45) is 0 Å². The van der Waals surface area contributed by atoms with Crippen LogP contribution >= 0.6 is 23.5 Å². The molecule has 0 aliphatic heterocycles. The first-order chi connectivity index (χ1) is 15.2. The predicted molar refractivity (Wildman–Crippen MR) is 123 cm³/mol. The van der Waals surface area contributed by atoms with Crippen LogP contribution in [0.3, 0.4) is 0 Å². The number of rotatable bonds is 11. The molecule has 1 aromatic carbocycles. The Morgan fingerprint density at radius 1 is 1.16 bits per heavy atom. The molecule has 3 aromatic rings. The van der Waals surface area contributed by atoms with Gasteiger partial charge in [0.1, 0.15) is 5.76 Å². The number of aliphatic carboxylic acids is 1. The Hall–Kier alpha value is -2.34. The molecule has 1 atom stereocenters. The van der Waals surface area contributed by atoms with E-state index in [-0.39, 0.29) is 17.9 Å². The molecule has 0 spiro atoms. The minimum Gasteiger partial charge on any atom is -0.481 e. The van der Waals surface area contributed by atoms with E-state index < -0.39 is 20.7 Å². The third-order valence-electron chi connectivity index (χ3n) is 4.43. The highest BCUT2D eigenvalue weighted by Gasteiger charge is 2.31. The minimum absolute atomic E-state index is 0.0450. The van der Waals surface area contributed by atoms with Crippen molar-refractivity contribution < 1.29 is 22.8 Å². The van der Waals surface area contributed by atoms with Gasteiger partial charge in [-0.3, -0.25) is 9.78 Å². The van der Waals surface area contributed by atoms with Crippen LogP contribution in [-0.4, -0.2) is 40.9 Å². The molecular weight excluding hydrogens is 470 g/mol. The Morgan fingerprint density at radius 2 is 1.81 bits per heavy atom. The van der Waals surface area contributed by atoms with Crippen molar-refractivity contribution in [1.82, 2.24) is 14.9 Å². The zero-order valence-corrected chi connectivity index (χ0v) is 20.0. The molecule has 0 radical (unpaired) electrons. The van der Waals surface area contributed by atoms with Crippen LogP contribution in [0.4, 0.5) is 0 Å². The van der Waals surface area contributed by atoms with Crippen molar-refractivity contribution in [1.29, 1.82) is 0 Å². The summed E-state index contributed by atoms with van der Waals surface area (Å²) in [6.07, 6.45) is 3.18. The maximum absolute atomic E-state index is 12.8. The number of thioether (sulfide) groups is 1. The average Bonchev–Trinajstić information content (AvgIpc) is 3.17. The van der Waals surface area contributed by atoms with Gasteiger partial charge in [-0.2, -0.15) is 0 Å². The summed E-state index contributed by atoms with van der Waals surface area (Å²) >= 11 is 2.82. The monoisotopic (exact) mass is 493 g/mol. The van der Waals surface area contributed by atoms with E-state index >= 15 is 0 Å². The highest BCUT2D eigenvalue weighted by Crippen LogP contribution is 2.32. The van der Waals surface area contributed by atoms with Crippen molar-refractivity contribution in [3.63, 3.8) is 0 Å². The van der Waals surface area contributed by atoms with Gasteiger partial charge < -0.3 is 9.63 Å². The number of hydrogen-bond donors (Lipinski definition) is 2. The summed E-state index contributed by atoms with van der Waals surface area (Å²) in [4.78, 5) is 17.4. The minimum atomic E-state index is -3.81. The lowest BCUT2D eigenvalue weighted by atomic mass is 10.1. The molecule has 3 rings (SSSR count). The Balaban J connectivity index is 1.65. The lowest BCUT2D eigenvalue weighted by molar-refractivity contribution is -0.137. The first-order valence-electron chi connectivity index (χ1n) is 9.61. The molecule has 0 bridgehead atoms. The van der Waals surface area contributed by atoms with Gasteiger partial charge in [0.15, 0.2) is 0 Å². The maximum atomic E-state index is 12.8. The standard InChI is InChI=1S/C21H23N3O5S3/c1-15-11-16(24-29-15)13-30-21(2,12-20(25)26)14-23-32(27,28)19-5-3-17(4-6-19)31-18-7-9-22-10-8-18/h3-11,23H,12-14H2,1-2H3,(H,25,26). The van der Waals surface area contributed by atoms with Gasteiger partial charge >= 0.3 is 5.97 Å². The van der Waals surface area contributed by atoms with Crippen LogP contribution in [0.1, 0.15) is 24.8 Å². The number of nitrogens with zero attached hydrogens (tertiary/aromatic N) is 2. The second-order valence-corrected chi connectivity index (χ2v) is 11.8. The van der Waals surface area contributed by atoms with Gasteiger partial charge in [-0.1, -0.05) is 16.9 Å². The van der Waals surface area contributed by atoms with Crippen molar-refractivity contribution in [3.05, 3.63) is 66.3 Å². The molecule has 8 nitrogen and oxygen atoms in total. The zero-order chi connectivity index (χ0) is 23.2. The van der Waals surface area contributed by atoms with Crippen LogP contribution in [-0.2, 0) is 20.6 Å². The third kappa shape index (κ3) is 7.09. The number of aryl methyl sites for hydroxylation is 1. The molecule has 0 saturated heterocycles. The molecule has 0 aliphatic carbocycles. The molecular formula is C21H23N3O5S3. The van der Waals surface area contributed by atoms with Gasteiger partial charge in [-0.25, -0.2) is 13.1 Å². The van der Waals surface area contributed by atoms with E-state index in [2.05, 4.69) is 14.9 Å². The van der Waals surface area contributed by atoms with Gasteiger partial charge in [0.25, 0.3) is 0 Å². The Labute approximate surface area is 195 Å². The van der Waals surface area contributed by atoms with E-state index in [0.29, 0.717) is 17.2 Å². The summed E-state index contributed by atoms with van der Waals surface area (Å²) < 4.78 is 32.3. The Kier molecular flexibility index (Phi) is 7.99. The van der Waals surface area contributed by atoms with Gasteiger partial charge in [-0.15, -0.1) is 11.8 Å². The molecule has 0 aliphatic rings. The fourth-order valence-corrected chi connectivity index (χ4v) is 5.87. The lowest BCUT2D eigenvalue weighted by Gasteiger charge is -2.27. The molecule has 2 heterocycles. The average molecular weight is 494 g/mol. The molecule has 170 valence electrons. The molecule has 0 fully saturated rings. The van der Waals surface area contributed by atoms with Crippen LogP contribution < -0.4 is 4.72 Å². The molecule has 0 amide bonds. The van der Waals surface area contributed by atoms with Crippen LogP contribution in [0.15, 0.2) is 74.1 Å². The van der Waals surface area contributed by atoms with Crippen molar-refractivity contribution >= 4 is 39.5 Å². The van der Waals surface area contributed by atoms with E-state index in [1.54, 1.807) is 44.4 Å². The van der Waals surface area contributed by atoms with Gasteiger partial charge in [0, 0.05) is 45.3 Å². The number of carboxylic acids is 1. The van der Waals surface area contributed by atoms with Crippen LogP contribution in [0.2, 0.25) is 0 Å². The van der Waals surface area contributed by atoms with E-state index in [0.717, 1.165) is 9.79 Å². The normalized spacial score (nSPS) is 13.6. The second kappa shape index (κ2) is 10.5. The van der Waals surface area contributed by atoms with Crippen LogP contribution in [0.25, 0.3) is 0 Å². The number of pyridine rings is 1. The van der Waals surface area contributed by atoms with Crippen LogP contribution in [0, 0.1) is 6.92 Å². The first-order valence-corrected chi connectivity index (χ1v) is 12.9. The predicted octanol–water partition coefficient (Wildman–Crippen LogP) is 3.97.